The van der Waals surface area contributed by atoms with Gasteiger partial charge in [0.15, 0.2) is 0 Å². The Morgan fingerprint density at radius 2 is 1.79 bits per heavy atom. The summed E-state index contributed by atoms with van der Waals surface area (Å²) in [5.41, 5.74) is 4.87. The summed E-state index contributed by atoms with van der Waals surface area (Å²) < 4.78 is 18.2. The predicted octanol–water partition coefficient (Wildman–Crippen LogP) is 4.58. The van der Waals surface area contributed by atoms with E-state index in [4.69, 9.17) is 4.42 Å². The minimum absolute atomic E-state index is 0.0218. The van der Waals surface area contributed by atoms with Crippen LogP contribution < -0.4 is 0 Å². The molecule has 0 amide bonds. The van der Waals surface area contributed by atoms with Gasteiger partial charge in [0.2, 0.25) is 5.89 Å². The molecule has 0 aliphatic heterocycles. The first-order chi connectivity index (χ1) is 13.4. The first-order valence-electron chi connectivity index (χ1n) is 9.42. The van der Waals surface area contributed by atoms with E-state index in [0.717, 1.165) is 23.1 Å². The van der Waals surface area contributed by atoms with Gasteiger partial charge >= 0.3 is 0 Å². The maximum atomic E-state index is 12.5. The van der Waals surface area contributed by atoms with Crippen LogP contribution in [0, 0.1) is 13.8 Å². The number of Topliss-reactive ketones (excluding diaryl/α,β-unsaturated/α-hetero) is 1. The molecule has 1 unspecified atom stereocenters. The minimum Gasteiger partial charge on any atom is -0.441 e. The second-order valence-electron chi connectivity index (χ2n) is 7.01. The van der Waals surface area contributed by atoms with Gasteiger partial charge in [0.25, 0.3) is 0 Å². The van der Waals surface area contributed by atoms with Crippen LogP contribution in [0.2, 0.25) is 0 Å². The number of carbonyl (C=O) groups excluding carboxylic acids is 1. The molecule has 0 spiro atoms. The number of aryl methyl sites for hydroxylation is 3. The van der Waals surface area contributed by atoms with Crippen molar-refractivity contribution in [3.05, 3.63) is 76.7 Å². The van der Waals surface area contributed by atoms with Crippen molar-refractivity contribution in [3.63, 3.8) is 0 Å². The zero-order valence-electron chi connectivity index (χ0n) is 16.5. The Bertz CT molecular complexity index is 989. The number of carbonyl (C=O) groups is 1. The molecular weight excluding hydrogens is 370 g/mol. The van der Waals surface area contributed by atoms with Crippen molar-refractivity contribution in [2.45, 2.75) is 39.4 Å². The van der Waals surface area contributed by atoms with Gasteiger partial charge in [-0.2, -0.15) is 0 Å². The fourth-order valence-corrected chi connectivity index (χ4v) is 4.14. The van der Waals surface area contributed by atoms with Crippen molar-refractivity contribution < 1.29 is 13.4 Å². The Labute approximate surface area is 168 Å². The first kappa shape index (κ1) is 20.2. The van der Waals surface area contributed by atoms with E-state index in [9.17, 15) is 9.00 Å². The Morgan fingerprint density at radius 1 is 1.07 bits per heavy atom. The molecule has 2 aromatic carbocycles. The molecule has 3 rings (SSSR count). The van der Waals surface area contributed by atoms with Crippen molar-refractivity contribution in [2.24, 2.45) is 0 Å². The van der Waals surface area contributed by atoms with Crippen LogP contribution in [0.25, 0.3) is 11.5 Å². The highest BCUT2D eigenvalue weighted by atomic mass is 32.2. The van der Waals surface area contributed by atoms with Crippen LogP contribution >= 0.6 is 0 Å². The van der Waals surface area contributed by atoms with E-state index in [0.29, 0.717) is 23.8 Å². The number of ketones is 1. The lowest BCUT2D eigenvalue weighted by molar-refractivity contribution is -0.116. The Kier molecular flexibility index (Phi) is 6.57. The maximum absolute atomic E-state index is 12.5. The molecule has 146 valence electrons. The molecule has 0 N–H and O–H groups in total. The second kappa shape index (κ2) is 9.11. The molecule has 5 heteroatoms. The molecule has 0 radical (unpaired) electrons. The van der Waals surface area contributed by atoms with Gasteiger partial charge in [-0.05, 0) is 43.5 Å². The van der Waals surface area contributed by atoms with Crippen LogP contribution in [0.15, 0.2) is 52.9 Å². The number of hydrogen-bond acceptors (Lipinski definition) is 4. The van der Waals surface area contributed by atoms with Gasteiger partial charge in [0.05, 0.1) is 17.2 Å². The van der Waals surface area contributed by atoms with E-state index in [2.05, 4.69) is 11.9 Å². The van der Waals surface area contributed by atoms with Crippen LogP contribution in [-0.4, -0.2) is 20.7 Å². The number of nitrogens with zero attached hydrogens (tertiary/aromatic N) is 1. The third-order valence-electron chi connectivity index (χ3n) is 4.61. The lowest BCUT2D eigenvalue weighted by atomic mass is 10.1. The fourth-order valence-electron chi connectivity index (χ4n) is 3.00. The highest BCUT2D eigenvalue weighted by Gasteiger charge is 2.16. The Balaban J connectivity index is 1.61. The third-order valence-corrected chi connectivity index (χ3v) is 5.85. The summed E-state index contributed by atoms with van der Waals surface area (Å²) in [5, 5.41) is 0. The molecule has 0 saturated heterocycles. The molecule has 4 nitrogen and oxygen atoms in total. The standard InChI is InChI=1S/C23H25NO3S/c1-4-18-6-5-7-19(12-18)13-21(25)14-28(26)15-22-17(3)27-23(24-22)20-10-8-16(2)9-11-20/h5-12H,4,13-15H2,1-3H3. The van der Waals surface area contributed by atoms with E-state index in [1.165, 1.54) is 5.56 Å². The van der Waals surface area contributed by atoms with Crippen molar-refractivity contribution in [3.8, 4) is 11.5 Å². The van der Waals surface area contributed by atoms with E-state index in [1.54, 1.807) is 0 Å². The maximum Gasteiger partial charge on any atom is 0.226 e. The van der Waals surface area contributed by atoms with Gasteiger partial charge in [-0.25, -0.2) is 4.98 Å². The predicted molar refractivity (Wildman–Crippen MR) is 113 cm³/mol. The lowest BCUT2D eigenvalue weighted by Crippen LogP contribution is -2.15. The van der Waals surface area contributed by atoms with Gasteiger partial charge < -0.3 is 4.42 Å². The first-order valence-corrected chi connectivity index (χ1v) is 10.9. The fraction of sp³-hybridized carbons (Fsp3) is 0.304. The van der Waals surface area contributed by atoms with Crippen LogP contribution in [-0.2, 0) is 34.2 Å². The van der Waals surface area contributed by atoms with Gasteiger partial charge in [-0.1, -0.05) is 48.9 Å². The van der Waals surface area contributed by atoms with Crippen LogP contribution in [0.4, 0.5) is 0 Å². The molecule has 28 heavy (non-hydrogen) atoms. The topological polar surface area (TPSA) is 60.2 Å². The van der Waals surface area contributed by atoms with Gasteiger partial charge in [0, 0.05) is 22.8 Å². The van der Waals surface area contributed by atoms with Crippen LogP contribution in [0.3, 0.4) is 0 Å². The smallest absolute Gasteiger partial charge is 0.226 e. The van der Waals surface area contributed by atoms with E-state index in [1.807, 2.05) is 62.4 Å². The molecule has 0 bridgehead atoms. The lowest BCUT2D eigenvalue weighted by Gasteiger charge is -2.04. The molecule has 0 saturated carbocycles. The second-order valence-corrected chi connectivity index (χ2v) is 8.46. The average Bonchev–Trinajstić information content (AvgIpc) is 3.02. The van der Waals surface area contributed by atoms with E-state index in [-0.39, 0.29) is 17.3 Å². The van der Waals surface area contributed by atoms with Crippen molar-refractivity contribution >= 4 is 16.6 Å². The zero-order chi connectivity index (χ0) is 20.1. The molecule has 1 atom stereocenters. The number of oxazole rings is 1. The molecule has 1 heterocycles. The molecule has 3 aromatic rings. The Morgan fingerprint density at radius 3 is 2.50 bits per heavy atom. The van der Waals surface area contributed by atoms with Gasteiger partial charge in [-0.15, -0.1) is 0 Å². The number of rotatable bonds is 8. The summed E-state index contributed by atoms with van der Waals surface area (Å²) >= 11 is 0. The molecule has 0 fully saturated rings. The summed E-state index contributed by atoms with van der Waals surface area (Å²) in [6.07, 6.45) is 1.24. The summed E-state index contributed by atoms with van der Waals surface area (Å²) in [7, 11) is -1.31. The van der Waals surface area contributed by atoms with Gasteiger partial charge in [0.1, 0.15) is 11.5 Å². The van der Waals surface area contributed by atoms with Crippen LogP contribution in [0.1, 0.15) is 35.1 Å². The zero-order valence-corrected chi connectivity index (χ0v) is 17.3. The summed E-state index contributed by atoms with van der Waals surface area (Å²) in [4.78, 5) is 16.8. The largest absolute Gasteiger partial charge is 0.441 e. The summed E-state index contributed by atoms with van der Waals surface area (Å²) in [5.74, 6) is 1.40. The molecule has 1 aromatic heterocycles. The third kappa shape index (κ3) is 5.26. The highest BCUT2D eigenvalue weighted by molar-refractivity contribution is 7.84. The quantitative estimate of drug-likeness (QED) is 0.560. The summed E-state index contributed by atoms with van der Waals surface area (Å²) in [6, 6.07) is 15.9. The molecule has 0 aliphatic carbocycles. The molecule has 0 aliphatic rings. The molecular formula is C23H25NO3S. The number of benzene rings is 2. The van der Waals surface area contributed by atoms with Crippen molar-refractivity contribution in [1.82, 2.24) is 4.98 Å². The Hall–Kier alpha value is -2.53. The van der Waals surface area contributed by atoms with Crippen molar-refractivity contribution in [2.75, 3.05) is 5.75 Å². The monoisotopic (exact) mass is 395 g/mol. The summed E-state index contributed by atoms with van der Waals surface area (Å²) in [6.45, 7) is 5.92. The van der Waals surface area contributed by atoms with E-state index >= 15 is 0 Å². The SMILES string of the molecule is CCc1cccc(CC(=O)CS(=O)Cc2nc(-c3ccc(C)cc3)oc2C)c1. The normalized spacial score (nSPS) is 12.1. The highest BCUT2D eigenvalue weighted by Crippen LogP contribution is 2.23. The average molecular weight is 396 g/mol. The number of hydrogen-bond donors (Lipinski definition) is 0. The van der Waals surface area contributed by atoms with Crippen LogP contribution in [0.5, 0.6) is 0 Å². The van der Waals surface area contributed by atoms with Gasteiger partial charge in [-0.3, -0.25) is 9.00 Å². The minimum atomic E-state index is -1.31. The number of aromatic nitrogens is 1. The van der Waals surface area contributed by atoms with Crippen molar-refractivity contribution in [1.29, 1.82) is 0 Å². The van der Waals surface area contributed by atoms with E-state index < -0.39 is 10.8 Å².